The summed E-state index contributed by atoms with van der Waals surface area (Å²) in [5, 5.41) is 9.09. The lowest BCUT2D eigenvalue weighted by Crippen LogP contribution is -2.37. The molecule has 1 saturated carbocycles. The fourth-order valence-electron chi connectivity index (χ4n) is 2.41. The largest absolute Gasteiger partial charge is 0.395 e. The van der Waals surface area contributed by atoms with Crippen LogP contribution in [0.2, 0.25) is 0 Å². The van der Waals surface area contributed by atoms with Gasteiger partial charge in [-0.15, -0.1) is 0 Å². The van der Waals surface area contributed by atoms with Gasteiger partial charge < -0.3 is 5.11 Å². The first-order valence-corrected chi connectivity index (χ1v) is 7.92. The fraction of sp³-hybridized carbons (Fsp3) is 0.571. The molecule has 0 unspecified atom stereocenters. The normalized spacial score (nSPS) is 18.7. The number of aliphatic hydroxyl groups excluding tert-OH is 1. The molecule has 100 valence electrons. The molecule has 0 aromatic heterocycles. The van der Waals surface area contributed by atoms with E-state index in [1.165, 1.54) is 0 Å². The molecule has 1 N–H and O–H groups in total. The number of hydrogen-bond acceptors (Lipinski definition) is 3. The average molecular weight is 268 g/mol. The van der Waals surface area contributed by atoms with Gasteiger partial charge in [-0.2, -0.15) is 0 Å². The molecule has 0 spiro atoms. The van der Waals surface area contributed by atoms with Gasteiger partial charge in [0.1, 0.15) is 0 Å². The zero-order valence-electron chi connectivity index (χ0n) is 10.9. The van der Waals surface area contributed by atoms with Gasteiger partial charge in [0.05, 0.1) is 16.8 Å². The van der Waals surface area contributed by atoms with E-state index in [9.17, 15) is 13.5 Å². The molecule has 18 heavy (non-hydrogen) atoms. The summed E-state index contributed by atoms with van der Waals surface area (Å²) in [6.45, 7) is 3.51. The average Bonchev–Trinajstić information content (AvgIpc) is 2.29. The third kappa shape index (κ3) is 2.08. The van der Waals surface area contributed by atoms with Gasteiger partial charge >= 0.3 is 0 Å². The number of aliphatic hydroxyl groups is 1. The first-order chi connectivity index (χ1) is 8.42. The highest BCUT2D eigenvalue weighted by Gasteiger charge is 2.38. The highest BCUT2D eigenvalue weighted by atomic mass is 32.2. The van der Waals surface area contributed by atoms with Crippen LogP contribution in [0.25, 0.3) is 0 Å². The summed E-state index contributed by atoms with van der Waals surface area (Å²) in [6, 6.07) is 7.04. The lowest BCUT2D eigenvalue weighted by molar-refractivity contribution is 0.120. The standard InChI is InChI=1S/C14H20O3S/c1-11(2)18(16,17)13-6-4-12(5-7-13)14(10-15)8-3-9-14/h4-7,11,15H,3,8-10H2,1-2H3. The molecule has 1 aromatic carbocycles. The molecular weight excluding hydrogens is 248 g/mol. The molecule has 0 bridgehead atoms. The third-order valence-electron chi connectivity index (χ3n) is 4.03. The summed E-state index contributed by atoms with van der Waals surface area (Å²) in [5.41, 5.74) is 0.930. The number of rotatable bonds is 4. The Morgan fingerprint density at radius 3 is 2.11 bits per heavy atom. The van der Waals surface area contributed by atoms with Crippen LogP contribution in [-0.2, 0) is 15.3 Å². The van der Waals surface area contributed by atoms with Crippen molar-refractivity contribution >= 4 is 9.84 Å². The van der Waals surface area contributed by atoms with Gasteiger partial charge in [-0.1, -0.05) is 18.6 Å². The van der Waals surface area contributed by atoms with Crippen LogP contribution >= 0.6 is 0 Å². The first kappa shape index (κ1) is 13.6. The van der Waals surface area contributed by atoms with Gasteiger partial charge in [-0.05, 0) is 44.4 Å². The van der Waals surface area contributed by atoms with Crippen molar-refractivity contribution in [1.82, 2.24) is 0 Å². The van der Waals surface area contributed by atoms with E-state index in [0.29, 0.717) is 4.90 Å². The van der Waals surface area contributed by atoms with Gasteiger partial charge in [-0.25, -0.2) is 8.42 Å². The lowest BCUT2D eigenvalue weighted by atomic mass is 9.65. The first-order valence-electron chi connectivity index (χ1n) is 6.38. The van der Waals surface area contributed by atoms with Gasteiger partial charge in [0.15, 0.2) is 9.84 Å². The van der Waals surface area contributed by atoms with Crippen LogP contribution < -0.4 is 0 Å². The van der Waals surface area contributed by atoms with Gasteiger partial charge in [0.2, 0.25) is 0 Å². The van der Waals surface area contributed by atoms with Crippen LogP contribution in [0, 0.1) is 0 Å². The van der Waals surface area contributed by atoms with Crippen molar-refractivity contribution in [3.05, 3.63) is 29.8 Å². The minimum absolute atomic E-state index is 0.125. The van der Waals surface area contributed by atoms with Crippen LogP contribution in [0.15, 0.2) is 29.2 Å². The molecule has 2 rings (SSSR count). The molecular formula is C14H20O3S. The van der Waals surface area contributed by atoms with Crippen molar-refractivity contribution in [2.24, 2.45) is 0 Å². The van der Waals surface area contributed by atoms with Crippen LogP contribution in [0.3, 0.4) is 0 Å². The zero-order chi connectivity index (χ0) is 13.4. The predicted molar refractivity (Wildman–Crippen MR) is 71.4 cm³/mol. The minimum Gasteiger partial charge on any atom is -0.395 e. The summed E-state index contributed by atoms with van der Waals surface area (Å²) in [7, 11) is -3.20. The molecule has 4 heteroatoms. The molecule has 0 heterocycles. The molecule has 1 aliphatic carbocycles. The maximum Gasteiger partial charge on any atom is 0.180 e. The van der Waals surface area contributed by atoms with Gasteiger partial charge in [0.25, 0.3) is 0 Å². The van der Waals surface area contributed by atoms with E-state index < -0.39 is 15.1 Å². The van der Waals surface area contributed by atoms with Crippen molar-refractivity contribution in [2.75, 3.05) is 6.61 Å². The summed E-state index contributed by atoms with van der Waals surface area (Å²) < 4.78 is 24.0. The van der Waals surface area contributed by atoms with E-state index in [0.717, 1.165) is 24.8 Å². The Kier molecular flexibility index (Phi) is 3.52. The number of hydrogen-bond donors (Lipinski definition) is 1. The van der Waals surface area contributed by atoms with Crippen molar-refractivity contribution in [2.45, 2.75) is 48.7 Å². The van der Waals surface area contributed by atoms with Crippen LogP contribution in [-0.4, -0.2) is 25.4 Å². The smallest absolute Gasteiger partial charge is 0.180 e. The van der Waals surface area contributed by atoms with E-state index in [1.807, 2.05) is 12.1 Å². The Bertz CT molecular complexity index is 505. The topological polar surface area (TPSA) is 54.4 Å². The number of sulfone groups is 1. The number of benzene rings is 1. The van der Waals surface area contributed by atoms with Crippen LogP contribution in [0.1, 0.15) is 38.7 Å². The Labute approximate surface area is 109 Å². The SMILES string of the molecule is CC(C)S(=O)(=O)c1ccc(C2(CO)CCC2)cc1. The molecule has 3 nitrogen and oxygen atoms in total. The maximum absolute atomic E-state index is 12.0. The quantitative estimate of drug-likeness (QED) is 0.911. The molecule has 1 aromatic rings. The van der Waals surface area contributed by atoms with Crippen molar-refractivity contribution in [1.29, 1.82) is 0 Å². The van der Waals surface area contributed by atoms with Crippen molar-refractivity contribution < 1.29 is 13.5 Å². The molecule has 0 atom stereocenters. The molecule has 1 aliphatic rings. The van der Waals surface area contributed by atoms with Crippen LogP contribution in [0.4, 0.5) is 0 Å². The summed E-state index contributed by atoms with van der Waals surface area (Å²) >= 11 is 0. The van der Waals surface area contributed by atoms with E-state index >= 15 is 0 Å². The second-order valence-corrected chi connectivity index (χ2v) is 7.91. The summed E-state index contributed by atoms with van der Waals surface area (Å²) in [5.74, 6) is 0. The van der Waals surface area contributed by atoms with E-state index in [1.54, 1.807) is 26.0 Å². The van der Waals surface area contributed by atoms with Gasteiger partial charge in [-0.3, -0.25) is 0 Å². The van der Waals surface area contributed by atoms with E-state index in [2.05, 4.69) is 0 Å². The monoisotopic (exact) mass is 268 g/mol. The fourth-order valence-corrected chi connectivity index (χ4v) is 3.47. The highest BCUT2D eigenvalue weighted by molar-refractivity contribution is 7.92. The van der Waals surface area contributed by atoms with E-state index in [-0.39, 0.29) is 12.0 Å². The molecule has 1 fully saturated rings. The molecule has 0 aliphatic heterocycles. The molecule has 0 amide bonds. The summed E-state index contributed by atoms with van der Waals surface area (Å²) in [6.07, 6.45) is 3.10. The van der Waals surface area contributed by atoms with Crippen molar-refractivity contribution in [3.63, 3.8) is 0 Å². The van der Waals surface area contributed by atoms with Crippen LogP contribution in [0.5, 0.6) is 0 Å². The lowest BCUT2D eigenvalue weighted by Gasteiger charge is -2.40. The summed E-state index contributed by atoms with van der Waals surface area (Å²) in [4.78, 5) is 0.369. The maximum atomic E-state index is 12.0. The van der Waals surface area contributed by atoms with Crippen molar-refractivity contribution in [3.8, 4) is 0 Å². The van der Waals surface area contributed by atoms with Gasteiger partial charge in [0, 0.05) is 5.41 Å². The van der Waals surface area contributed by atoms with E-state index in [4.69, 9.17) is 0 Å². The Morgan fingerprint density at radius 2 is 1.78 bits per heavy atom. The highest BCUT2D eigenvalue weighted by Crippen LogP contribution is 2.43. The second-order valence-electron chi connectivity index (χ2n) is 5.41. The molecule has 0 saturated heterocycles. The second kappa shape index (κ2) is 4.67. The zero-order valence-corrected chi connectivity index (χ0v) is 11.7. The Balaban J connectivity index is 2.31. The third-order valence-corrected chi connectivity index (χ3v) is 6.20. The molecule has 0 radical (unpaired) electrons. The Morgan fingerprint density at radius 1 is 1.22 bits per heavy atom. The predicted octanol–water partition coefficient (Wildman–Crippen LogP) is 2.28. The Hall–Kier alpha value is -0.870. The minimum atomic E-state index is -3.20.